The molecule has 0 saturated heterocycles. The van der Waals surface area contributed by atoms with E-state index in [9.17, 15) is 24.4 Å². The summed E-state index contributed by atoms with van der Waals surface area (Å²) in [6.07, 6.45) is 4.51. The standard InChI is InChI=1S/C28H42FO8P/c1-6-36-38(34,37-7-2)17-35-28(24(33)16-30)18(3)13-22-21-10-8-9-19-14-20(31)11-12-25(19,4)27(21,29)23(32)15-26(22,28)5/h11-12,14,18,21-23,30,32H,6-10,13,15-17H2,1-5H3/t18-,21?,22+,23?,25+,26+,27+,28+/m1/s1. The molecule has 0 bridgehead atoms. The Bertz CT molecular complexity index is 1070. The Labute approximate surface area is 224 Å². The van der Waals surface area contributed by atoms with Gasteiger partial charge in [0, 0.05) is 16.7 Å². The lowest BCUT2D eigenvalue weighted by atomic mass is 9.48. The van der Waals surface area contributed by atoms with Crippen LogP contribution in [0, 0.1) is 28.6 Å². The molecule has 38 heavy (non-hydrogen) atoms. The molecular weight excluding hydrogens is 514 g/mol. The van der Waals surface area contributed by atoms with Gasteiger partial charge in [0.1, 0.15) is 18.6 Å². The Hall–Kier alpha value is -1.22. The second-order valence-electron chi connectivity index (χ2n) is 11.8. The van der Waals surface area contributed by atoms with Gasteiger partial charge in [0.25, 0.3) is 0 Å². The highest BCUT2D eigenvalue weighted by molar-refractivity contribution is 7.53. The van der Waals surface area contributed by atoms with E-state index in [1.54, 1.807) is 26.8 Å². The number of fused-ring (bicyclic) bond motifs is 5. The highest BCUT2D eigenvalue weighted by Gasteiger charge is 2.75. The highest BCUT2D eigenvalue weighted by Crippen LogP contribution is 2.71. The number of rotatable bonds is 9. The van der Waals surface area contributed by atoms with Crippen LogP contribution in [-0.2, 0) is 27.9 Å². The van der Waals surface area contributed by atoms with Crippen molar-refractivity contribution in [2.45, 2.75) is 84.1 Å². The molecule has 4 aliphatic carbocycles. The fraction of sp³-hybridized carbons (Fsp3) is 0.786. The van der Waals surface area contributed by atoms with Gasteiger partial charge in [-0.05, 0) is 76.9 Å². The summed E-state index contributed by atoms with van der Waals surface area (Å²) in [5.41, 5.74) is -5.23. The fourth-order valence-corrected chi connectivity index (χ4v) is 9.89. The van der Waals surface area contributed by atoms with Gasteiger partial charge in [-0.2, -0.15) is 0 Å². The van der Waals surface area contributed by atoms with E-state index < -0.39 is 66.4 Å². The topological polar surface area (TPSA) is 119 Å². The van der Waals surface area contributed by atoms with Crippen LogP contribution >= 0.6 is 7.60 Å². The Morgan fingerprint density at radius 3 is 2.47 bits per heavy atom. The minimum absolute atomic E-state index is 0.0982. The van der Waals surface area contributed by atoms with E-state index in [4.69, 9.17) is 13.8 Å². The average Bonchev–Trinajstić information content (AvgIpc) is 3.00. The molecule has 2 unspecified atom stereocenters. The number of Topliss-reactive ketones (excluding diaryl/α,β-unsaturated/α-hetero) is 1. The maximum absolute atomic E-state index is 17.7. The molecule has 8 nitrogen and oxygen atoms in total. The van der Waals surface area contributed by atoms with Crippen LogP contribution in [0.4, 0.5) is 4.39 Å². The smallest absolute Gasteiger partial charge is 0.356 e. The molecule has 0 aromatic carbocycles. The molecule has 8 atom stereocenters. The number of halogens is 1. The van der Waals surface area contributed by atoms with Crippen LogP contribution in [0.3, 0.4) is 0 Å². The third kappa shape index (κ3) is 4.07. The third-order valence-electron chi connectivity index (χ3n) is 10.1. The molecule has 4 aliphatic rings. The number of ether oxygens (including phenoxy) is 1. The average molecular weight is 557 g/mol. The summed E-state index contributed by atoms with van der Waals surface area (Å²) in [5, 5.41) is 21.8. The molecule has 3 saturated carbocycles. The predicted octanol–water partition coefficient (Wildman–Crippen LogP) is 4.53. The van der Waals surface area contributed by atoms with Crippen LogP contribution in [0.15, 0.2) is 23.8 Å². The number of hydrogen-bond donors (Lipinski definition) is 2. The molecule has 0 aromatic rings. The maximum atomic E-state index is 17.7. The Morgan fingerprint density at radius 1 is 1.21 bits per heavy atom. The largest absolute Gasteiger partial charge is 0.390 e. The van der Waals surface area contributed by atoms with Crippen LogP contribution in [-0.4, -0.2) is 65.3 Å². The van der Waals surface area contributed by atoms with Crippen molar-refractivity contribution in [3.63, 3.8) is 0 Å². The SMILES string of the molecule is CCOP(=O)(CO[C@]1(C(=O)CO)[C@H](C)C[C@H]2C3CCCC4=CC(=O)C=C[C@]4(C)[C@@]3(F)C(O)C[C@@]21C)OCC. The minimum atomic E-state index is -3.71. The number of alkyl halides is 1. The highest BCUT2D eigenvalue weighted by atomic mass is 31.2. The van der Waals surface area contributed by atoms with Crippen molar-refractivity contribution in [3.05, 3.63) is 23.8 Å². The Morgan fingerprint density at radius 2 is 1.87 bits per heavy atom. The number of carbonyl (C=O) groups excluding carboxylic acids is 2. The summed E-state index contributed by atoms with van der Waals surface area (Å²) < 4.78 is 48.1. The van der Waals surface area contributed by atoms with E-state index in [1.807, 2.05) is 13.8 Å². The van der Waals surface area contributed by atoms with Gasteiger partial charge >= 0.3 is 7.60 Å². The van der Waals surface area contributed by atoms with Gasteiger partial charge in [-0.15, -0.1) is 0 Å². The van der Waals surface area contributed by atoms with Gasteiger partial charge in [-0.1, -0.05) is 25.5 Å². The summed E-state index contributed by atoms with van der Waals surface area (Å²) in [6.45, 7) is 8.20. The van der Waals surface area contributed by atoms with Gasteiger partial charge in [0.05, 0.1) is 19.3 Å². The summed E-state index contributed by atoms with van der Waals surface area (Å²) in [6, 6.07) is 0. The maximum Gasteiger partial charge on any atom is 0.356 e. The molecule has 2 N–H and O–H groups in total. The summed E-state index contributed by atoms with van der Waals surface area (Å²) in [7, 11) is -3.71. The molecule has 10 heteroatoms. The first-order valence-electron chi connectivity index (χ1n) is 13.8. The summed E-state index contributed by atoms with van der Waals surface area (Å²) >= 11 is 0. The summed E-state index contributed by atoms with van der Waals surface area (Å²) in [5.74, 6) is -2.23. The normalized spacial score (nSPS) is 42.6. The van der Waals surface area contributed by atoms with E-state index in [2.05, 4.69) is 0 Å². The molecule has 0 spiro atoms. The second-order valence-corrected chi connectivity index (χ2v) is 13.8. The first-order chi connectivity index (χ1) is 17.8. The zero-order valence-corrected chi connectivity index (χ0v) is 24.0. The Balaban J connectivity index is 1.80. The van der Waals surface area contributed by atoms with Gasteiger partial charge in [-0.25, -0.2) is 4.39 Å². The molecular formula is C28H42FO8P. The second kappa shape index (κ2) is 10.3. The molecule has 3 fully saturated rings. The zero-order chi connectivity index (χ0) is 28.1. The van der Waals surface area contributed by atoms with Gasteiger partial charge in [-0.3, -0.25) is 14.2 Å². The number of allylic oxidation sites excluding steroid dienone is 4. The van der Waals surface area contributed by atoms with E-state index in [0.717, 1.165) is 0 Å². The molecule has 214 valence electrons. The summed E-state index contributed by atoms with van der Waals surface area (Å²) in [4.78, 5) is 25.8. The van der Waals surface area contributed by atoms with Crippen molar-refractivity contribution in [2.24, 2.45) is 28.6 Å². The van der Waals surface area contributed by atoms with Crippen LogP contribution < -0.4 is 0 Å². The predicted molar refractivity (Wildman–Crippen MR) is 139 cm³/mol. The van der Waals surface area contributed by atoms with Crippen LogP contribution in [0.2, 0.25) is 0 Å². The van der Waals surface area contributed by atoms with Crippen LogP contribution in [0.5, 0.6) is 0 Å². The van der Waals surface area contributed by atoms with Crippen molar-refractivity contribution >= 4 is 19.2 Å². The molecule has 0 radical (unpaired) electrons. The van der Waals surface area contributed by atoms with Crippen molar-refractivity contribution in [2.75, 3.05) is 26.2 Å². The number of carbonyl (C=O) groups is 2. The van der Waals surface area contributed by atoms with Crippen molar-refractivity contribution in [3.8, 4) is 0 Å². The molecule has 0 aliphatic heterocycles. The van der Waals surface area contributed by atoms with E-state index in [1.165, 1.54) is 12.2 Å². The molecule has 0 amide bonds. The van der Waals surface area contributed by atoms with Crippen LogP contribution in [0.1, 0.15) is 66.7 Å². The van der Waals surface area contributed by atoms with Gasteiger partial charge in [0.2, 0.25) is 0 Å². The number of hydrogen-bond acceptors (Lipinski definition) is 8. The first kappa shape index (κ1) is 29.8. The Kier molecular flexibility index (Phi) is 8.08. The molecule has 0 aromatic heterocycles. The lowest BCUT2D eigenvalue weighted by molar-refractivity contribution is -0.219. The van der Waals surface area contributed by atoms with E-state index in [-0.39, 0.29) is 31.3 Å². The lowest BCUT2D eigenvalue weighted by Gasteiger charge is -2.60. The number of aliphatic hydroxyl groups excluding tert-OH is 2. The quantitative estimate of drug-likeness (QED) is 0.398. The monoisotopic (exact) mass is 556 g/mol. The van der Waals surface area contributed by atoms with Gasteiger partial charge in [0.15, 0.2) is 17.2 Å². The molecule has 4 rings (SSSR count). The fourth-order valence-electron chi connectivity index (χ4n) is 8.52. The van der Waals surface area contributed by atoms with E-state index in [0.29, 0.717) is 31.3 Å². The molecule has 0 heterocycles. The lowest BCUT2D eigenvalue weighted by Crippen LogP contribution is -2.68. The minimum Gasteiger partial charge on any atom is -0.390 e. The van der Waals surface area contributed by atoms with E-state index >= 15 is 4.39 Å². The first-order valence-corrected chi connectivity index (χ1v) is 15.5. The van der Waals surface area contributed by atoms with Crippen molar-refractivity contribution < 1.29 is 42.5 Å². The number of ketones is 2. The van der Waals surface area contributed by atoms with Crippen molar-refractivity contribution in [1.29, 1.82) is 0 Å². The third-order valence-corrected chi connectivity index (χ3v) is 11.8. The zero-order valence-electron chi connectivity index (χ0n) is 23.1. The van der Waals surface area contributed by atoms with Crippen LogP contribution in [0.25, 0.3) is 0 Å². The van der Waals surface area contributed by atoms with Crippen molar-refractivity contribution in [1.82, 2.24) is 0 Å². The van der Waals surface area contributed by atoms with Gasteiger partial charge < -0.3 is 24.0 Å². The number of aliphatic hydroxyl groups is 2.